The summed E-state index contributed by atoms with van der Waals surface area (Å²) in [5.41, 5.74) is 4.33. The molecule has 1 aromatic carbocycles. The third kappa shape index (κ3) is 2.95. The van der Waals surface area contributed by atoms with Gasteiger partial charge in [0.15, 0.2) is 11.2 Å². The van der Waals surface area contributed by atoms with Crippen LogP contribution in [0, 0.1) is 12.8 Å². The minimum Gasteiger partial charge on any atom is -0.320 e. The van der Waals surface area contributed by atoms with E-state index in [-0.39, 0.29) is 5.56 Å². The van der Waals surface area contributed by atoms with Crippen LogP contribution in [0.15, 0.2) is 41.5 Å². The van der Waals surface area contributed by atoms with E-state index in [1.807, 2.05) is 41.3 Å². The minimum absolute atomic E-state index is 0.0362. The highest BCUT2D eigenvalue weighted by atomic mass is 16.1. The Bertz CT molecular complexity index is 1160. The summed E-state index contributed by atoms with van der Waals surface area (Å²) in [5.74, 6) is 1.24. The van der Waals surface area contributed by atoms with Gasteiger partial charge in [-0.1, -0.05) is 44.2 Å². The van der Waals surface area contributed by atoms with Crippen LogP contribution in [-0.4, -0.2) is 23.5 Å². The van der Waals surface area contributed by atoms with Crippen molar-refractivity contribution in [2.45, 2.75) is 40.2 Å². The Morgan fingerprint density at radius 2 is 1.89 bits per heavy atom. The zero-order valence-corrected chi connectivity index (χ0v) is 16.3. The van der Waals surface area contributed by atoms with Crippen LogP contribution in [0.3, 0.4) is 0 Å². The highest BCUT2D eigenvalue weighted by Crippen LogP contribution is 2.18. The molecule has 0 aliphatic heterocycles. The molecule has 0 atom stereocenters. The van der Waals surface area contributed by atoms with Crippen LogP contribution in [0.4, 0.5) is 0 Å². The molecule has 0 fully saturated rings. The SMILES string of the molecule is Cc1nc2n(C)c3ncn(Cc4ccccc4)c3c(=O)n2c1CCC(C)C. The first kappa shape index (κ1) is 17.5. The Labute approximate surface area is 158 Å². The molecule has 0 unspecified atom stereocenters. The second-order valence-corrected chi connectivity index (χ2v) is 7.61. The van der Waals surface area contributed by atoms with Crippen LogP contribution in [0.5, 0.6) is 0 Å². The molecule has 0 saturated heterocycles. The van der Waals surface area contributed by atoms with E-state index in [1.54, 1.807) is 10.7 Å². The Hall–Kier alpha value is -2.89. The van der Waals surface area contributed by atoms with Crippen molar-refractivity contribution >= 4 is 16.9 Å². The normalized spacial score (nSPS) is 11.9. The molecule has 3 heterocycles. The van der Waals surface area contributed by atoms with Gasteiger partial charge in [0.1, 0.15) is 0 Å². The van der Waals surface area contributed by atoms with Gasteiger partial charge < -0.3 is 4.57 Å². The largest absolute Gasteiger partial charge is 0.320 e. The van der Waals surface area contributed by atoms with Crippen molar-refractivity contribution in [2.75, 3.05) is 0 Å². The van der Waals surface area contributed by atoms with Gasteiger partial charge in [-0.3, -0.25) is 9.36 Å². The van der Waals surface area contributed by atoms with Crippen LogP contribution >= 0.6 is 0 Å². The maximum Gasteiger partial charge on any atom is 0.285 e. The molecule has 0 saturated carbocycles. The van der Waals surface area contributed by atoms with Crippen molar-refractivity contribution < 1.29 is 0 Å². The molecule has 3 aromatic heterocycles. The smallest absolute Gasteiger partial charge is 0.285 e. The monoisotopic (exact) mass is 363 g/mol. The average Bonchev–Trinajstić information content (AvgIpc) is 3.20. The van der Waals surface area contributed by atoms with Crippen molar-refractivity contribution in [3.63, 3.8) is 0 Å². The molecule has 0 aliphatic carbocycles. The number of aryl methyl sites for hydroxylation is 3. The van der Waals surface area contributed by atoms with E-state index in [0.29, 0.717) is 29.4 Å². The van der Waals surface area contributed by atoms with Gasteiger partial charge in [0.05, 0.1) is 17.7 Å². The molecule has 27 heavy (non-hydrogen) atoms. The third-order valence-corrected chi connectivity index (χ3v) is 5.15. The fraction of sp³-hybridized carbons (Fsp3) is 0.381. The summed E-state index contributed by atoms with van der Waals surface area (Å²) in [7, 11) is 1.93. The lowest BCUT2D eigenvalue weighted by Crippen LogP contribution is -2.22. The maximum absolute atomic E-state index is 13.4. The van der Waals surface area contributed by atoms with Crippen molar-refractivity contribution in [1.29, 1.82) is 0 Å². The maximum atomic E-state index is 13.4. The Morgan fingerprint density at radius 3 is 2.59 bits per heavy atom. The Balaban J connectivity index is 1.93. The highest BCUT2D eigenvalue weighted by molar-refractivity contribution is 5.73. The molecular formula is C21H25N5O. The first-order chi connectivity index (χ1) is 13.0. The summed E-state index contributed by atoms with van der Waals surface area (Å²) in [6, 6.07) is 10.1. The topological polar surface area (TPSA) is 57.1 Å². The van der Waals surface area contributed by atoms with E-state index in [1.165, 1.54) is 0 Å². The number of aromatic nitrogens is 5. The Kier molecular flexibility index (Phi) is 4.34. The first-order valence-electron chi connectivity index (χ1n) is 9.43. The number of hydrogen-bond donors (Lipinski definition) is 0. The average molecular weight is 363 g/mol. The van der Waals surface area contributed by atoms with Gasteiger partial charge in [0.2, 0.25) is 5.78 Å². The van der Waals surface area contributed by atoms with Gasteiger partial charge in [0, 0.05) is 13.6 Å². The molecule has 0 N–H and O–H groups in total. The zero-order chi connectivity index (χ0) is 19.1. The first-order valence-corrected chi connectivity index (χ1v) is 9.43. The molecule has 4 aromatic rings. The van der Waals surface area contributed by atoms with Gasteiger partial charge in [-0.25, -0.2) is 14.4 Å². The standard InChI is InChI=1S/C21H25N5O/c1-14(2)10-11-17-15(3)23-21-24(4)19-18(20(27)26(17)21)25(13-22-19)12-16-8-6-5-7-9-16/h5-9,13-14H,10-12H2,1-4H3. The van der Waals surface area contributed by atoms with Crippen molar-refractivity contribution in [2.24, 2.45) is 13.0 Å². The van der Waals surface area contributed by atoms with E-state index in [9.17, 15) is 4.79 Å². The summed E-state index contributed by atoms with van der Waals surface area (Å²) in [4.78, 5) is 22.6. The Morgan fingerprint density at radius 1 is 1.15 bits per heavy atom. The van der Waals surface area contributed by atoms with Gasteiger partial charge in [-0.2, -0.15) is 0 Å². The van der Waals surface area contributed by atoms with E-state index < -0.39 is 0 Å². The van der Waals surface area contributed by atoms with Crippen molar-refractivity contribution in [3.8, 4) is 0 Å². The van der Waals surface area contributed by atoms with Crippen LogP contribution in [0.2, 0.25) is 0 Å². The van der Waals surface area contributed by atoms with E-state index in [2.05, 4.69) is 35.9 Å². The molecule has 6 heteroatoms. The van der Waals surface area contributed by atoms with Crippen LogP contribution in [0.1, 0.15) is 37.2 Å². The minimum atomic E-state index is -0.0362. The fourth-order valence-electron chi connectivity index (χ4n) is 3.64. The van der Waals surface area contributed by atoms with Gasteiger partial charge >= 0.3 is 0 Å². The summed E-state index contributed by atoms with van der Waals surface area (Å²) >= 11 is 0. The predicted octanol–water partition coefficient (Wildman–Crippen LogP) is 3.33. The van der Waals surface area contributed by atoms with Crippen LogP contribution < -0.4 is 5.56 Å². The summed E-state index contributed by atoms with van der Waals surface area (Å²) in [6.07, 6.45) is 3.62. The molecule has 0 spiro atoms. The summed E-state index contributed by atoms with van der Waals surface area (Å²) in [6.45, 7) is 7.00. The molecule has 0 amide bonds. The molecule has 4 rings (SSSR count). The van der Waals surface area contributed by atoms with Crippen LogP contribution in [0.25, 0.3) is 16.9 Å². The molecule has 6 nitrogen and oxygen atoms in total. The van der Waals surface area contributed by atoms with Gasteiger partial charge in [-0.15, -0.1) is 0 Å². The quantitative estimate of drug-likeness (QED) is 0.546. The number of benzene rings is 1. The number of nitrogens with zero attached hydrogens (tertiary/aromatic N) is 5. The number of fused-ring (bicyclic) bond motifs is 2. The predicted molar refractivity (Wildman–Crippen MR) is 107 cm³/mol. The molecule has 0 bridgehead atoms. The third-order valence-electron chi connectivity index (χ3n) is 5.15. The second-order valence-electron chi connectivity index (χ2n) is 7.61. The molecule has 140 valence electrons. The van der Waals surface area contributed by atoms with Gasteiger partial charge in [-0.05, 0) is 31.2 Å². The lowest BCUT2D eigenvalue weighted by atomic mass is 10.1. The molecule has 0 radical (unpaired) electrons. The summed E-state index contributed by atoms with van der Waals surface area (Å²) < 4.78 is 5.64. The fourth-order valence-corrected chi connectivity index (χ4v) is 3.64. The number of hydrogen-bond acceptors (Lipinski definition) is 3. The van der Waals surface area contributed by atoms with Crippen molar-refractivity contribution in [1.82, 2.24) is 23.5 Å². The second kappa shape index (κ2) is 6.68. The highest BCUT2D eigenvalue weighted by Gasteiger charge is 2.20. The molecule has 0 aliphatic rings. The number of imidazole rings is 2. The van der Waals surface area contributed by atoms with E-state index in [0.717, 1.165) is 29.8 Å². The molecular weight excluding hydrogens is 338 g/mol. The number of rotatable bonds is 5. The van der Waals surface area contributed by atoms with E-state index in [4.69, 9.17) is 0 Å². The lowest BCUT2D eigenvalue weighted by Gasteiger charge is -2.09. The van der Waals surface area contributed by atoms with Crippen LogP contribution in [-0.2, 0) is 20.0 Å². The van der Waals surface area contributed by atoms with Gasteiger partial charge in [0.25, 0.3) is 5.56 Å². The van der Waals surface area contributed by atoms with Crippen molar-refractivity contribution in [3.05, 3.63) is 64.0 Å². The lowest BCUT2D eigenvalue weighted by molar-refractivity contribution is 0.577. The zero-order valence-electron chi connectivity index (χ0n) is 16.3. The van der Waals surface area contributed by atoms with E-state index >= 15 is 0 Å². The summed E-state index contributed by atoms with van der Waals surface area (Å²) in [5, 5.41) is 0.